The largest absolute Gasteiger partial charge is 0.422 e. The topological polar surface area (TPSA) is 63.1 Å². The van der Waals surface area contributed by atoms with E-state index in [1.54, 1.807) is 12.3 Å². The Balaban J connectivity index is 2.65. The third kappa shape index (κ3) is 1.45. The van der Waals surface area contributed by atoms with E-state index in [1.807, 2.05) is 19.1 Å². The fourth-order valence-electron chi connectivity index (χ4n) is 1.96. The number of aromatic amines is 1. The van der Waals surface area contributed by atoms with E-state index in [9.17, 15) is 9.59 Å². The van der Waals surface area contributed by atoms with E-state index >= 15 is 0 Å². The minimum absolute atomic E-state index is 0.285. The highest BCUT2D eigenvalue weighted by molar-refractivity contribution is 6.03. The normalized spacial score (nSPS) is 11.1. The number of hydrogen-bond donors (Lipinski definition) is 1. The fourth-order valence-corrected chi connectivity index (χ4v) is 1.96. The zero-order valence-electron chi connectivity index (χ0n) is 9.11. The van der Waals surface area contributed by atoms with Gasteiger partial charge in [0, 0.05) is 23.0 Å². The lowest BCUT2D eigenvalue weighted by Crippen LogP contribution is -2.06. The summed E-state index contributed by atoms with van der Waals surface area (Å²) in [7, 11) is 0. The molecule has 0 fully saturated rings. The monoisotopic (exact) mass is 227 g/mol. The molecule has 0 saturated heterocycles. The van der Waals surface area contributed by atoms with Crippen LogP contribution in [0.25, 0.3) is 21.7 Å². The number of pyridine rings is 1. The molecular formula is C13H9NO3. The molecule has 0 spiro atoms. The van der Waals surface area contributed by atoms with Gasteiger partial charge in [0.2, 0.25) is 0 Å². The summed E-state index contributed by atoms with van der Waals surface area (Å²) in [6.07, 6.45) is 1.57. The van der Waals surface area contributed by atoms with Gasteiger partial charge in [0.1, 0.15) is 5.58 Å². The lowest BCUT2D eigenvalue weighted by atomic mass is 10.1. The first-order valence-electron chi connectivity index (χ1n) is 5.21. The average molecular weight is 227 g/mol. The van der Waals surface area contributed by atoms with Crippen LogP contribution in [0.4, 0.5) is 0 Å². The van der Waals surface area contributed by atoms with E-state index in [0.717, 1.165) is 16.3 Å². The number of H-pyrrole nitrogens is 1. The standard InChI is InChI=1S/C13H9NO3/c1-7-2-3-8-9(4-7)13(16)17-11-5-12(15)14-6-10(8)11/h2-6H,1H3,(H,14,15). The molecule has 4 heteroatoms. The fraction of sp³-hybridized carbons (Fsp3) is 0.0769. The second kappa shape index (κ2) is 3.31. The van der Waals surface area contributed by atoms with Crippen molar-refractivity contribution in [3.8, 4) is 0 Å². The van der Waals surface area contributed by atoms with E-state index in [4.69, 9.17) is 4.42 Å². The Kier molecular flexibility index (Phi) is 1.92. The molecule has 0 saturated carbocycles. The summed E-state index contributed by atoms with van der Waals surface area (Å²) in [6.45, 7) is 1.91. The summed E-state index contributed by atoms with van der Waals surface area (Å²) in [5.41, 5.74) is 0.609. The number of fused-ring (bicyclic) bond motifs is 3. The highest BCUT2D eigenvalue weighted by Gasteiger charge is 2.07. The van der Waals surface area contributed by atoms with Gasteiger partial charge in [0.25, 0.3) is 5.56 Å². The maximum Gasteiger partial charge on any atom is 0.344 e. The molecule has 0 amide bonds. The third-order valence-corrected chi connectivity index (χ3v) is 2.77. The number of benzene rings is 1. The summed E-state index contributed by atoms with van der Waals surface area (Å²) in [4.78, 5) is 25.5. The van der Waals surface area contributed by atoms with E-state index in [0.29, 0.717) is 11.0 Å². The predicted octanol–water partition coefficient (Wildman–Crippen LogP) is 1.94. The maximum absolute atomic E-state index is 11.8. The summed E-state index contributed by atoms with van der Waals surface area (Å²) in [5, 5.41) is 2.06. The van der Waals surface area contributed by atoms with E-state index in [2.05, 4.69) is 4.98 Å². The van der Waals surface area contributed by atoms with Gasteiger partial charge in [-0.2, -0.15) is 0 Å². The van der Waals surface area contributed by atoms with Gasteiger partial charge in [-0.1, -0.05) is 17.7 Å². The summed E-state index contributed by atoms with van der Waals surface area (Å²) < 4.78 is 5.14. The van der Waals surface area contributed by atoms with Crippen molar-refractivity contribution >= 4 is 21.7 Å². The first kappa shape index (κ1) is 9.84. The lowest BCUT2D eigenvalue weighted by Gasteiger charge is -2.02. The van der Waals surface area contributed by atoms with Crippen molar-refractivity contribution in [2.45, 2.75) is 6.92 Å². The summed E-state index contributed by atoms with van der Waals surface area (Å²) >= 11 is 0. The van der Waals surface area contributed by atoms with Crippen LogP contribution in [-0.2, 0) is 0 Å². The molecule has 1 N–H and O–H groups in total. The van der Waals surface area contributed by atoms with Crippen LogP contribution >= 0.6 is 0 Å². The van der Waals surface area contributed by atoms with Crippen LogP contribution in [0.3, 0.4) is 0 Å². The number of aryl methyl sites for hydroxylation is 1. The smallest absolute Gasteiger partial charge is 0.344 e. The Morgan fingerprint density at radius 2 is 1.88 bits per heavy atom. The molecule has 0 aliphatic rings. The van der Waals surface area contributed by atoms with Crippen molar-refractivity contribution in [3.05, 3.63) is 56.8 Å². The Labute approximate surface area is 95.5 Å². The van der Waals surface area contributed by atoms with Crippen LogP contribution in [0.1, 0.15) is 5.56 Å². The Morgan fingerprint density at radius 3 is 2.71 bits per heavy atom. The average Bonchev–Trinajstić information content (AvgIpc) is 2.29. The number of aromatic nitrogens is 1. The summed E-state index contributed by atoms with van der Waals surface area (Å²) in [6, 6.07) is 6.86. The van der Waals surface area contributed by atoms with Gasteiger partial charge in [0.05, 0.1) is 5.39 Å². The molecule has 0 unspecified atom stereocenters. The van der Waals surface area contributed by atoms with Crippen molar-refractivity contribution in [2.75, 3.05) is 0 Å². The van der Waals surface area contributed by atoms with Gasteiger partial charge < -0.3 is 9.40 Å². The van der Waals surface area contributed by atoms with E-state index in [-0.39, 0.29) is 5.56 Å². The molecule has 4 nitrogen and oxygen atoms in total. The van der Waals surface area contributed by atoms with Crippen LogP contribution < -0.4 is 11.2 Å². The van der Waals surface area contributed by atoms with E-state index < -0.39 is 5.63 Å². The molecule has 3 rings (SSSR count). The Bertz CT molecular complexity index is 843. The molecule has 0 radical (unpaired) electrons. The lowest BCUT2D eigenvalue weighted by molar-refractivity contribution is 0.569. The molecule has 17 heavy (non-hydrogen) atoms. The molecule has 1 aromatic carbocycles. The van der Waals surface area contributed by atoms with Crippen molar-refractivity contribution < 1.29 is 4.42 Å². The van der Waals surface area contributed by atoms with Crippen molar-refractivity contribution in [2.24, 2.45) is 0 Å². The molecular weight excluding hydrogens is 218 g/mol. The number of nitrogens with one attached hydrogen (secondary N) is 1. The van der Waals surface area contributed by atoms with Gasteiger partial charge in [-0.25, -0.2) is 4.79 Å². The number of hydrogen-bond acceptors (Lipinski definition) is 3. The second-order valence-electron chi connectivity index (χ2n) is 4.01. The van der Waals surface area contributed by atoms with Gasteiger partial charge in [-0.3, -0.25) is 4.79 Å². The first-order chi connectivity index (χ1) is 8.15. The van der Waals surface area contributed by atoms with Gasteiger partial charge in [-0.05, 0) is 13.0 Å². The van der Waals surface area contributed by atoms with Gasteiger partial charge >= 0.3 is 5.63 Å². The Hall–Kier alpha value is -2.36. The Morgan fingerprint density at radius 1 is 1.06 bits per heavy atom. The van der Waals surface area contributed by atoms with Gasteiger partial charge in [-0.15, -0.1) is 0 Å². The van der Waals surface area contributed by atoms with Gasteiger partial charge in [0.15, 0.2) is 0 Å². The molecule has 0 aliphatic carbocycles. The third-order valence-electron chi connectivity index (χ3n) is 2.77. The van der Waals surface area contributed by atoms with Crippen LogP contribution in [0.15, 0.2) is 44.5 Å². The minimum atomic E-state index is -0.415. The van der Waals surface area contributed by atoms with Crippen LogP contribution in [0.2, 0.25) is 0 Å². The highest BCUT2D eigenvalue weighted by Crippen LogP contribution is 2.21. The SMILES string of the molecule is Cc1ccc2c(c1)c(=O)oc1cc(=O)[nH]cc12. The first-order valence-corrected chi connectivity index (χ1v) is 5.21. The number of rotatable bonds is 0. The van der Waals surface area contributed by atoms with Crippen molar-refractivity contribution in [3.63, 3.8) is 0 Å². The van der Waals surface area contributed by atoms with Crippen LogP contribution in [-0.4, -0.2) is 4.98 Å². The molecule has 0 aliphatic heterocycles. The molecule has 2 aromatic heterocycles. The molecule has 84 valence electrons. The van der Waals surface area contributed by atoms with Crippen molar-refractivity contribution in [1.29, 1.82) is 0 Å². The highest BCUT2D eigenvalue weighted by atomic mass is 16.4. The second-order valence-corrected chi connectivity index (χ2v) is 4.01. The predicted molar refractivity (Wildman–Crippen MR) is 65.3 cm³/mol. The van der Waals surface area contributed by atoms with Crippen LogP contribution in [0, 0.1) is 6.92 Å². The minimum Gasteiger partial charge on any atom is -0.422 e. The molecule has 0 bridgehead atoms. The zero-order valence-corrected chi connectivity index (χ0v) is 9.11. The van der Waals surface area contributed by atoms with Crippen molar-refractivity contribution in [1.82, 2.24) is 4.98 Å². The molecule has 2 heterocycles. The van der Waals surface area contributed by atoms with Crippen LogP contribution in [0.5, 0.6) is 0 Å². The molecule has 0 atom stereocenters. The molecule has 3 aromatic rings. The van der Waals surface area contributed by atoms with E-state index in [1.165, 1.54) is 6.07 Å². The quantitative estimate of drug-likeness (QED) is 0.597. The summed E-state index contributed by atoms with van der Waals surface area (Å²) in [5.74, 6) is 0. The maximum atomic E-state index is 11.8. The zero-order chi connectivity index (χ0) is 12.0.